The first kappa shape index (κ1) is 16.3. The van der Waals surface area contributed by atoms with Crippen LogP contribution < -0.4 is 0 Å². The maximum absolute atomic E-state index is 11.5. The summed E-state index contributed by atoms with van der Waals surface area (Å²) in [4.78, 5) is 23.3. The Morgan fingerprint density at radius 2 is 1.90 bits per heavy atom. The zero-order valence-corrected chi connectivity index (χ0v) is 14.5. The van der Waals surface area contributed by atoms with Crippen molar-refractivity contribution in [3.05, 3.63) is 61.2 Å². The average molecular weight is 434 g/mol. The van der Waals surface area contributed by atoms with E-state index < -0.39 is 10.2 Å². The van der Waals surface area contributed by atoms with Gasteiger partial charge in [0.2, 0.25) is 0 Å². The first-order valence-electron chi connectivity index (χ1n) is 5.81. The SMILES string of the molecule is Cc1ccc(Sc2ccc(I)cc2C(=O)Cl)c([N+](=O)[O-])c1. The summed E-state index contributed by atoms with van der Waals surface area (Å²) in [6.45, 7) is 1.79. The van der Waals surface area contributed by atoms with E-state index in [0.29, 0.717) is 15.4 Å². The highest BCUT2D eigenvalue weighted by Gasteiger charge is 2.18. The molecule has 2 aromatic rings. The van der Waals surface area contributed by atoms with Crippen LogP contribution in [0.2, 0.25) is 0 Å². The molecule has 0 saturated heterocycles. The van der Waals surface area contributed by atoms with Crippen LogP contribution in [0, 0.1) is 20.6 Å². The highest BCUT2D eigenvalue weighted by molar-refractivity contribution is 14.1. The van der Waals surface area contributed by atoms with Crippen LogP contribution in [0.1, 0.15) is 15.9 Å². The molecule has 0 spiro atoms. The third kappa shape index (κ3) is 3.96. The molecular formula is C14H9ClINO3S. The van der Waals surface area contributed by atoms with Gasteiger partial charge in [-0.15, -0.1) is 0 Å². The van der Waals surface area contributed by atoms with Gasteiger partial charge in [-0.2, -0.15) is 0 Å². The molecule has 21 heavy (non-hydrogen) atoms. The first-order chi connectivity index (χ1) is 9.88. The van der Waals surface area contributed by atoms with E-state index in [1.807, 2.05) is 6.07 Å². The van der Waals surface area contributed by atoms with Crippen LogP contribution in [0.25, 0.3) is 0 Å². The van der Waals surface area contributed by atoms with Gasteiger partial charge in [0.1, 0.15) is 0 Å². The van der Waals surface area contributed by atoms with E-state index in [1.54, 1.807) is 31.2 Å². The van der Waals surface area contributed by atoms with Gasteiger partial charge in [-0.1, -0.05) is 17.8 Å². The Morgan fingerprint density at radius 1 is 1.24 bits per heavy atom. The molecule has 0 unspecified atom stereocenters. The van der Waals surface area contributed by atoms with E-state index >= 15 is 0 Å². The third-order valence-electron chi connectivity index (χ3n) is 2.68. The van der Waals surface area contributed by atoms with Gasteiger partial charge in [0.05, 0.1) is 9.82 Å². The van der Waals surface area contributed by atoms with Gasteiger partial charge in [-0.25, -0.2) is 0 Å². The lowest BCUT2D eigenvalue weighted by atomic mass is 10.2. The molecule has 0 aliphatic carbocycles. The van der Waals surface area contributed by atoms with E-state index in [0.717, 1.165) is 20.9 Å². The fourth-order valence-electron chi connectivity index (χ4n) is 1.72. The lowest BCUT2D eigenvalue weighted by Gasteiger charge is -2.07. The van der Waals surface area contributed by atoms with E-state index in [-0.39, 0.29) is 5.69 Å². The topological polar surface area (TPSA) is 60.2 Å². The number of rotatable bonds is 4. The second-order valence-electron chi connectivity index (χ2n) is 4.24. The van der Waals surface area contributed by atoms with Gasteiger partial charge >= 0.3 is 0 Å². The highest BCUT2D eigenvalue weighted by Crippen LogP contribution is 2.37. The molecule has 0 heterocycles. The predicted octanol–water partition coefficient (Wildman–Crippen LogP) is 5.04. The van der Waals surface area contributed by atoms with Crippen molar-refractivity contribution in [2.45, 2.75) is 16.7 Å². The van der Waals surface area contributed by atoms with E-state index in [9.17, 15) is 14.9 Å². The van der Waals surface area contributed by atoms with Gasteiger partial charge < -0.3 is 0 Å². The third-order valence-corrected chi connectivity index (χ3v) is 4.70. The fraction of sp³-hybridized carbons (Fsp3) is 0.0714. The molecule has 0 aromatic heterocycles. The predicted molar refractivity (Wildman–Crippen MR) is 91.3 cm³/mol. The minimum Gasteiger partial charge on any atom is -0.276 e. The van der Waals surface area contributed by atoms with Gasteiger partial charge in [-0.3, -0.25) is 14.9 Å². The lowest BCUT2D eigenvalue weighted by molar-refractivity contribution is -0.387. The monoisotopic (exact) mass is 433 g/mol. The van der Waals surface area contributed by atoms with Gasteiger partial charge in [0.25, 0.3) is 10.9 Å². The van der Waals surface area contributed by atoms with Crippen molar-refractivity contribution in [2.75, 3.05) is 0 Å². The number of carbonyl (C=O) groups is 1. The number of benzene rings is 2. The van der Waals surface area contributed by atoms with Crippen molar-refractivity contribution in [2.24, 2.45) is 0 Å². The Labute approximate surface area is 144 Å². The summed E-state index contributed by atoms with van der Waals surface area (Å²) in [5.74, 6) is 0. The van der Waals surface area contributed by atoms with Crippen molar-refractivity contribution < 1.29 is 9.72 Å². The van der Waals surface area contributed by atoms with Crippen LogP contribution in [0.15, 0.2) is 46.2 Å². The summed E-state index contributed by atoms with van der Waals surface area (Å²) in [5, 5.41) is 10.6. The van der Waals surface area contributed by atoms with Crippen molar-refractivity contribution in [3.8, 4) is 0 Å². The molecule has 7 heteroatoms. The lowest BCUT2D eigenvalue weighted by Crippen LogP contribution is -1.95. The van der Waals surface area contributed by atoms with Crippen LogP contribution in [0.3, 0.4) is 0 Å². The molecule has 2 rings (SSSR count). The molecule has 0 atom stereocenters. The summed E-state index contributed by atoms with van der Waals surface area (Å²) < 4.78 is 0.874. The van der Waals surface area contributed by atoms with Crippen molar-refractivity contribution in [1.29, 1.82) is 0 Å². The minimum atomic E-state index is -0.578. The minimum absolute atomic E-state index is 0.0199. The number of nitro benzene ring substituents is 1. The summed E-state index contributed by atoms with van der Waals surface area (Å²) in [6, 6.07) is 10.2. The largest absolute Gasteiger partial charge is 0.283 e. The van der Waals surface area contributed by atoms with Crippen molar-refractivity contribution in [3.63, 3.8) is 0 Å². The number of nitro groups is 1. The summed E-state index contributed by atoms with van der Waals surface area (Å²) in [5.41, 5.74) is 1.18. The second kappa shape index (κ2) is 6.76. The number of hydrogen-bond acceptors (Lipinski definition) is 4. The smallest absolute Gasteiger partial charge is 0.276 e. The number of hydrogen-bond donors (Lipinski definition) is 0. The van der Waals surface area contributed by atoms with Crippen LogP contribution in [-0.2, 0) is 0 Å². The zero-order chi connectivity index (χ0) is 15.6. The van der Waals surface area contributed by atoms with Crippen molar-refractivity contribution in [1.82, 2.24) is 0 Å². The van der Waals surface area contributed by atoms with Crippen LogP contribution in [-0.4, -0.2) is 10.2 Å². The molecule has 0 aliphatic heterocycles. The average Bonchev–Trinajstić information content (AvgIpc) is 2.42. The number of nitrogens with zero attached hydrogens (tertiary/aromatic N) is 1. The van der Waals surface area contributed by atoms with E-state index in [2.05, 4.69) is 22.6 Å². The Kier molecular flexibility index (Phi) is 5.23. The molecule has 0 aliphatic rings. The molecule has 2 aromatic carbocycles. The number of halogens is 2. The van der Waals surface area contributed by atoms with Gasteiger partial charge in [-0.05, 0) is 70.9 Å². The maximum atomic E-state index is 11.5. The molecule has 0 fully saturated rings. The van der Waals surface area contributed by atoms with Crippen LogP contribution in [0.4, 0.5) is 5.69 Å². The molecule has 0 saturated carbocycles. The standard InChI is InChI=1S/C14H9ClINO3S/c1-8-2-4-13(11(6-8)17(19)20)21-12-5-3-9(16)7-10(12)14(15)18/h2-7H,1H3. The molecule has 0 amide bonds. The second-order valence-corrected chi connectivity index (χ2v) is 6.92. The van der Waals surface area contributed by atoms with Crippen molar-refractivity contribution >= 4 is 56.9 Å². The normalized spacial score (nSPS) is 10.4. The maximum Gasteiger partial charge on any atom is 0.283 e. The van der Waals surface area contributed by atoms with Crippen LogP contribution in [0.5, 0.6) is 0 Å². The summed E-state index contributed by atoms with van der Waals surface area (Å²) in [6.07, 6.45) is 0. The van der Waals surface area contributed by atoms with E-state index in [1.165, 1.54) is 6.07 Å². The van der Waals surface area contributed by atoms with Gasteiger partial charge in [0, 0.05) is 20.1 Å². The molecule has 108 valence electrons. The molecule has 0 bridgehead atoms. The van der Waals surface area contributed by atoms with E-state index in [4.69, 9.17) is 11.6 Å². The molecular weight excluding hydrogens is 425 g/mol. The molecule has 0 radical (unpaired) electrons. The Morgan fingerprint density at radius 3 is 2.52 bits per heavy atom. The van der Waals surface area contributed by atoms with Gasteiger partial charge in [0.15, 0.2) is 0 Å². The molecule has 0 N–H and O–H groups in total. The summed E-state index contributed by atoms with van der Waals surface area (Å²) >= 11 is 8.83. The number of aryl methyl sites for hydroxylation is 1. The zero-order valence-electron chi connectivity index (χ0n) is 10.8. The quantitative estimate of drug-likeness (QED) is 0.293. The fourth-order valence-corrected chi connectivity index (χ4v) is 3.43. The number of carbonyl (C=O) groups excluding carboxylic acids is 1. The Bertz CT molecular complexity index is 675. The Balaban J connectivity index is 2.48. The Hall–Kier alpha value is -1.12. The first-order valence-corrected chi connectivity index (χ1v) is 8.08. The molecule has 4 nitrogen and oxygen atoms in total. The highest BCUT2D eigenvalue weighted by atomic mass is 127. The summed E-state index contributed by atoms with van der Waals surface area (Å²) in [7, 11) is 0. The van der Waals surface area contributed by atoms with Crippen LogP contribution >= 0.6 is 46.0 Å².